The number of carbonyl (C=O) groups excluding carboxylic acids is 1. The molecule has 1 saturated heterocycles. The topological polar surface area (TPSA) is 54.9 Å². The van der Waals surface area contributed by atoms with E-state index >= 15 is 0 Å². The van der Waals surface area contributed by atoms with Crippen LogP contribution in [0.4, 0.5) is 11.4 Å². The number of hydrogen-bond donors (Lipinski definition) is 0. The predicted octanol–water partition coefficient (Wildman–Crippen LogP) is 4.10. The van der Waals surface area contributed by atoms with Crippen molar-refractivity contribution in [3.63, 3.8) is 0 Å². The van der Waals surface area contributed by atoms with Crippen molar-refractivity contribution in [1.29, 1.82) is 0 Å². The Morgan fingerprint density at radius 2 is 1.87 bits per heavy atom. The number of aromatic nitrogens is 1. The third kappa shape index (κ3) is 3.76. The number of pyridine rings is 1. The summed E-state index contributed by atoms with van der Waals surface area (Å²) in [6, 6.07) is 10.6. The van der Waals surface area contributed by atoms with Gasteiger partial charge in [-0.1, -0.05) is 6.42 Å². The van der Waals surface area contributed by atoms with E-state index in [9.17, 15) is 4.79 Å². The van der Waals surface area contributed by atoms with E-state index in [-0.39, 0.29) is 12.0 Å². The number of nitrogens with zero attached hydrogens (tertiary/aromatic N) is 3. The zero-order valence-electron chi connectivity index (χ0n) is 17.5. The Bertz CT molecular complexity index is 902. The average molecular weight is 408 g/mol. The number of methoxy groups -OCH3 is 1. The van der Waals surface area contributed by atoms with Gasteiger partial charge in [0.25, 0.3) is 0 Å². The molecule has 6 heteroatoms. The van der Waals surface area contributed by atoms with Gasteiger partial charge in [-0.05, 0) is 61.9 Å². The van der Waals surface area contributed by atoms with E-state index in [0.29, 0.717) is 12.3 Å². The molecule has 1 aliphatic carbocycles. The van der Waals surface area contributed by atoms with Crippen LogP contribution < -0.4 is 14.4 Å². The molecule has 0 atom stereocenters. The maximum absolute atomic E-state index is 12.7. The fourth-order valence-electron chi connectivity index (χ4n) is 4.75. The molecule has 1 saturated carbocycles. The summed E-state index contributed by atoms with van der Waals surface area (Å²) in [7, 11) is 1.59. The Labute approximate surface area is 177 Å². The molecule has 0 bridgehead atoms. The lowest BCUT2D eigenvalue weighted by molar-refractivity contribution is -0.118. The largest absolute Gasteiger partial charge is 0.490 e. The number of aryl methyl sites for hydroxylation is 1. The molecule has 3 aliphatic rings. The number of piperidine rings is 1. The van der Waals surface area contributed by atoms with Gasteiger partial charge < -0.3 is 14.4 Å². The van der Waals surface area contributed by atoms with Crippen LogP contribution in [0.3, 0.4) is 0 Å². The highest BCUT2D eigenvalue weighted by molar-refractivity contribution is 6.03. The predicted molar refractivity (Wildman–Crippen MR) is 116 cm³/mol. The molecule has 2 fully saturated rings. The molecule has 0 unspecified atom stereocenters. The van der Waals surface area contributed by atoms with E-state index in [0.717, 1.165) is 61.1 Å². The van der Waals surface area contributed by atoms with Gasteiger partial charge >= 0.3 is 0 Å². The highest BCUT2D eigenvalue weighted by Crippen LogP contribution is 2.37. The summed E-state index contributed by atoms with van der Waals surface area (Å²) in [5, 5.41) is 0. The molecule has 0 N–H and O–H groups in total. The second kappa shape index (κ2) is 8.26. The summed E-state index contributed by atoms with van der Waals surface area (Å²) < 4.78 is 11.5. The average Bonchev–Trinajstić information content (AvgIpc) is 2.74. The van der Waals surface area contributed by atoms with Crippen molar-refractivity contribution in [2.24, 2.45) is 0 Å². The van der Waals surface area contributed by atoms with E-state index in [4.69, 9.17) is 9.47 Å². The summed E-state index contributed by atoms with van der Waals surface area (Å²) in [5.41, 5.74) is 2.83. The lowest BCUT2D eigenvalue weighted by Crippen LogP contribution is -2.46. The molecule has 3 heterocycles. The van der Waals surface area contributed by atoms with Crippen molar-refractivity contribution >= 4 is 17.3 Å². The van der Waals surface area contributed by atoms with Crippen molar-refractivity contribution in [3.8, 4) is 11.6 Å². The van der Waals surface area contributed by atoms with Crippen LogP contribution in [-0.4, -0.2) is 48.1 Å². The Balaban J connectivity index is 1.29. The number of amides is 1. The van der Waals surface area contributed by atoms with Gasteiger partial charge in [0.15, 0.2) is 0 Å². The van der Waals surface area contributed by atoms with Crippen LogP contribution in [0, 0.1) is 0 Å². The zero-order chi connectivity index (χ0) is 20.5. The number of anilines is 2. The highest BCUT2D eigenvalue weighted by atomic mass is 16.5. The lowest BCUT2D eigenvalue weighted by Gasteiger charge is -2.41. The summed E-state index contributed by atoms with van der Waals surface area (Å²) >= 11 is 0. The fraction of sp³-hybridized carbons (Fsp3) is 0.500. The lowest BCUT2D eigenvalue weighted by atomic mass is 9.90. The van der Waals surface area contributed by atoms with Gasteiger partial charge in [0.2, 0.25) is 11.8 Å². The van der Waals surface area contributed by atoms with E-state index < -0.39 is 0 Å². The van der Waals surface area contributed by atoms with Crippen LogP contribution >= 0.6 is 0 Å². The monoisotopic (exact) mass is 407 g/mol. The number of hydrogen-bond acceptors (Lipinski definition) is 5. The van der Waals surface area contributed by atoms with Gasteiger partial charge in [-0.25, -0.2) is 4.98 Å². The molecule has 1 aromatic heterocycles. The minimum absolute atomic E-state index is 0.0894. The fourth-order valence-corrected chi connectivity index (χ4v) is 4.75. The summed E-state index contributed by atoms with van der Waals surface area (Å²) in [4.78, 5) is 21.3. The molecule has 2 aliphatic heterocycles. The molecule has 0 radical (unpaired) electrons. The standard InChI is InChI=1S/C24H29N3O3/c1-29-23-9-6-19(16-25-23)27-22-8-7-21(15-17(22)5-10-24(27)28)30-20-11-13-26(14-12-20)18-3-2-4-18/h6-9,15-16,18,20H,2-5,10-14H2,1H3. The van der Waals surface area contributed by atoms with Crippen LogP contribution in [0.2, 0.25) is 0 Å². The van der Waals surface area contributed by atoms with Gasteiger partial charge in [-0.2, -0.15) is 0 Å². The smallest absolute Gasteiger partial charge is 0.231 e. The number of rotatable bonds is 5. The molecule has 0 spiro atoms. The number of fused-ring (bicyclic) bond motifs is 1. The maximum atomic E-state index is 12.7. The van der Waals surface area contributed by atoms with Gasteiger partial charge in [-0.15, -0.1) is 0 Å². The molecule has 2 aromatic rings. The van der Waals surface area contributed by atoms with E-state index in [2.05, 4.69) is 16.0 Å². The van der Waals surface area contributed by atoms with Crippen LogP contribution in [0.1, 0.15) is 44.1 Å². The quantitative estimate of drug-likeness (QED) is 0.747. The Morgan fingerprint density at radius 3 is 2.53 bits per heavy atom. The van der Waals surface area contributed by atoms with Crippen LogP contribution in [0.25, 0.3) is 0 Å². The first-order valence-electron chi connectivity index (χ1n) is 11.1. The van der Waals surface area contributed by atoms with Crippen molar-refractivity contribution in [2.45, 2.75) is 57.1 Å². The van der Waals surface area contributed by atoms with Crippen molar-refractivity contribution < 1.29 is 14.3 Å². The Hall–Kier alpha value is -2.60. The number of benzene rings is 1. The third-order valence-electron chi connectivity index (χ3n) is 6.71. The van der Waals surface area contributed by atoms with Gasteiger partial charge in [0.05, 0.1) is 24.7 Å². The molecule has 158 valence electrons. The van der Waals surface area contributed by atoms with Crippen molar-refractivity contribution in [1.82, 2.24) is 9.88 Å². The van der Waals surface area contributed by atoms with Crippen molar-refractivity contribution in [2.75, 3.05) is 25.1 Å². The van der Waals surface area contributed by atoms with Gasteiger partial charge in [0, 0.05) is 31.6 Å². The highest BCUT2D eigenvalue weighted by Gasteiger charge is 2.30. The number of ether oxygens (including phenoxy) is 2. The molecule has 30 heavy (non-hydrogen) atoms. The zero-order valence-corrected chi connectivity index (χ0v) is 17.5. The van der Waals surface area contributed by atoms with E-state index in [1.54, 1.807) is 24.3 Å². The SMILES string of the molecule is COc1ccc(N2C(=O)CCc3cc(OC4CCN(C5CCC5)CC4)ccc32)cn1. The Morgan fingerprint density at radius 1 is 1.03 bits per heavy atom. The minimum Gasteiger partial charge on any atom is -0.490 e. The summed E-state index contributed by atoms with van der Waals surface area (Å²) in [6.45, 7) is 2.29. The molecule has 5 rings (SSSR count). The normalized spacial score (nSPS) is 20.6. The first-order chi connectivity index (χ1) is 14.7. The summed E-state index contributed by atoms with van der Waals surface area (Å²) in [6.07, 6.45) is 9.52. The first kappa shape index (κ1) is 19.4. The second-order valence-corrected chi connectivity index (χ2v) is 8.52. The summed E-state index contributed by atoms with van der Waals surface area (Å²) in [5.74, 6) is 1.54. The first-order valence-corrected chi connectivity index (χ1v) is 11.1. The molecular weight excluding hydrogens is 378 g/mol. The van der Waals surface area contributed by atoms with E-state index in [1.807, 2.05) is 18.2 Å². The maximum Gasteiger partial charge on any atom is 0.231 e. The molecular formula is C24H29N3O3. The van der Waals surface area contributed by atoms with Crippen LogP contribution in [0.15, 0.2) is 36.5 Å². The van der Waals surface area contributed by atoms with Crippen molar-refractivity contribution in [3.05, 3.63) is 42.1 Å². The number of likely N-dealkylation sites (tertiary alicyclic amines) is 1. The molecule has 6 nitrogen and oxygen atoms in total. The van der Waals surface area contributed by atoms with Crippen LogP contribution in [-0.2, 0) is 11.2 Å². The number of carbonyl (C=O) groups is 1. The molecule has 1 amide bonds. The van der Waals surface area contributed by atoms with Gasteiger partial charge in [-0.3, -0.25) is 9.69 Å². The third-order valence-corrected chi connectivity index (χ3v) is 6.71. The van der Waals surface area contributed by atoms with Gasteiger partial charge in [0.1, 0.15) is 11.9 Å². The van der Waals surface area contributed by atoms with Crippen LogP contribution in [0.5, 0.6) is 11.6 Å². The van der Waals surface area contributed by atoms with E-state index in [1.165, 1.54) is 19.3 Å². The second-order valence-electron chi connectivity index (χ2n) is 8.52. The minimum atomic E-state index is 0.0894. The Kier molecular flexibility index (Phi) is 5.34. The molecule has 1 aromatic carbocycles.